The minimum Gasteiger partial charge on any atom is -0.0620 e. The van der Waals surface area contributed by atoms with E-state index >= 15 is 0 Å². The maximum Gasteiger partial charge on any atom is -0.0383 e. The Bertz CT molecular complexity index is 1150. The summed E-state index contributed by atoms with van der Waals surface area (Å²) in [6.07, 6.45) is 37.1. The second-order valence-electron chi connectivity index (χ2n) is 32.4. The summed E-state index contributed by atoms with van der Waals surface area (Å²) in [5, 5.41) is 0. The molecule has 16 aliphatic rings. The predicted octanol–water partition coefficient (Wildman–Crippen LogP) is 21.5. The van der Waals surface area contributed by atoms with Gasteiger partial charge in [-0.3, -0.25) is 0 Å². The second kappa shape index (κ2) is 24.2. The van der Waals surface area contributed by atoms with Gasteiger partial charge in [0.25, 0.3) is 0 Å². The van der Waals surface area contributed by atoms with Crippen LogP contribution in [0.1, 0.15) is 265 Å². The Labute approximate surface area is 452 Å². The molecule has 72 heavy (non-hydrogen) atoms. The van der Waals surface area contributed by atoms with Gasteiger partial charge in [-0.15, -0.1) is 0 Å². The first-order chi connectivity index (χ1) is 34.3. The number of rotatable bonds is 0. The first-order valence-corrected chi connectivity index (χ1v) is 34.3. The van der Waals surface area contributed by atoms with Crippen molar-refractivity contribution >= 4 is 0 Å². The molecule has 0 aromatic rings. The number of hydrogen-bond donors (Lipinski definition) is 0. The first-order valence-electron chi connectivity index (χ1n) is 34.3. The summed E-state index contributed by atoms with van der Waals surface area (Å²) in [5.41, 5.74) is 0. The molecule has 0 saturated heterocycles. The smallest absolute Gasteiger partial charge is 0.0383 e. The van der Waals surface area contributed by atoms with Crippen LogP contribution in [0.5, 0.6) is 0 Å². The summed E-state index contributed by atoms with van der Waals surface area (Å²) >= 11 is 0. The molecular weight excluding hydrogens is 865 g/mol. The quantitative estimate of drug-likeness (QED) is 0.227. The SMILES string of the molecule is C[C@@H]1[C@@H]2CC[C@@H](C2)[C@@H]1C.C[C@@H]1[C@@H]2CC[C@@H](C2)[C@@H]1C.C[C@@H]1[C@@H]2CC[C@@H](C2)[C@H]1C.C[C@@H]1[C@@H]2CC[C@@H](C2)[C@H]1C.C[C@@H]1[C@H]2CC[C@H](C2)[C@@H]1C.C[C@@H]1[C@H]2CC[C@H](C2)[C@@H]1C.C[C@H]1[C@@H]2CC[C@@H](C2)[C@@H]1C.C[C@H]1[C@@H]2CC[C@@H](C2)[C@@H]1C. The molecule has 16 rings (SSSR count). The van der Waals surface area contributed by atoms with E-state index in [1.54, 1.807) is 51.4 Å². The third kappa shape index (κ3) is 11.8. The van der Waals surface area contributed by atoms with Crippen LogP contribution in [0, 0.1) is 189 Å². The highest BCUT2D eigenvalue weighted by Gasteiger charge is 2.48. The molecule has 0 nitrogen and oxygen atoms in total. The monoisotopic (exact) mass is 993 g/mol. The van der Waals surface area contributed by atoms with Crippen molar-refractivity contribution in [1.82, 2.24) is 0 Å². The van der Waals surface area contributed by atoms with E-state index in [0.29, 0.717) is 0 Å². The summed E-state index contributed by atoms with van der Waals surface area (Å²) in [6.45, 7) is 39.0. The highest BCUT2D eigenvalue weighted by Crippen LogP contribution is 2.57. The van der Waals surface area contributed by atoms with Crippen molar-refractivity contribution in [3.8, 4) is 0 Å². The molecule has 16 aliphatic carbocycles. The van der Waals surface area contributed by atoms with Crippen LogP contribution in [0.2, 0.25) is 0 Å². The van der Waals surface area contributed by atoms with E-state index in [9.17, 15) is 0 Å². The van der Waals surface area contributed by atoms with Gasteiger partial charge in [-0.05, 0) is 343 Å². The maximum atomic E-state index is 2.44. The molecule has 0 aliphatic heterocycles. The van der Waals surface area contributed by atoms with Crippen LogP contribution < -0.4 is 0 Å². The molecule has 416 valence electrons. The van der Waals surface area contributed by atoms with E-state index in [1.807, 2.05) is 0 Å². The van der Waals surface area contributed by atoms with Crippen LogP contribution in [-0.2, 0) is 0 Å². The van der Waals surface area contributed by atoms with E-state index in [1.165, 1.54) is 103 Å². The molecule has 0 heteroatoms. The summed E-state index contributed by atoms with van der Waals surface area (Å²) in [6, 6.07) is 0. The molecule has 0 spiro atoms. The third-order valence-corrected chi connectivity index (χ3v) is 30.6. The average molecular weight is 994 g/mol. The number of hydrogen-bond acceptors (Lipinski definition) is 0. The summed E-state index contributed by atoms with van der Waals surface area (Å²) in [5.74, 6) is 34.6. The van der Waals surface area contributed by atoms with Crippen molar-refractivity contribution in [3.05, 3.63) is 0 Å². The van der Waals surface area contributed by atoms with Crippen LogP contribution in [-0.4, -0.2) is 0 Å². The molecule has 16 saturated carbocycles. The summed E-state index contributed by atoms with van der Waals surface area (Å²) < 4.78 is 0. The molecular formula is C72H128. The lowest BCUT2D eigenvalue weighted by molar-refractivity contribution is 0.259. The molecule has 0 radical (unpaired) electrons. The van der Waals surface area contributed by atoms with Gasteiger partial charge < -0.3 is 0 Å². The van der Waals surface area contributed by atoms with Crippen molar-refractivity contribution in [2.45, 2.75) is 265 Å². The molecule has 0 aromatic heterocycles. The zero-order chi connectivity index (χ0) is 51.4. The van der Waals surface area contributed by atoms with Gasteiger partial charge in [-0.1, -0.05) is 111 Å². The summed E-state index contributed by atoms with van der Waals surface area (Å²) in [7, 11) is 0. The Morgan fingerprint density at radius 3 is 0.194 bits per heavy atom. The topological polar surface area (TPSA) is 0 Å². The highest BCUT2D eigenvalue weighted by molar-refractivity contribution is 4.98. The number of fused-ring (bicyclic) bond motifs is 16. The van der Waals surface area contributed by atoms with Gasteiger partial charge in [0.15, 0.2) is 0 Å². The lowest BCUT2D eigenvalue weighted by Crippen LogP contribution is -2.15. The van der Waals surface area contributed by atoms with Gasteiger partial charge in [-0.2, -0.15) is 0 Å². The molecule has 16 fully saturated rings. The Hall–Kier alpha value is 0. The zero-order valence-corrected chi connectivity index (χ0v) is 51.4. The van der Waals surface area contributed by atoms with Gasteiger partial charge in [0.05, 0.1) is 0 Å². The Morgan fingerprint density at radius 1 is 0.111 bits per heavy atom. The predicted molar refractivity (Wildman–Crippen MR) is 313 cm³/mol. The molecule has 0 unspecified atom stereocenters. The van der Waals surface area contributed by atoms with E-state index in [2.05, 4.69) is 111 Å². The first kappa shape index (κ1) is 56.7. The minimum absolute atomic E-state index is 1.05. The van der Waals surface area contributed by atoms with Crippen molar-refractivity contribution < 1.29 is 0 Å². The normalized spacial score (nSPS) is 56.7. The van der Waals surface area contributed by atoms with E-state index in [4.69, 9.17) is 0 Å². The van der Waals surface area contributed by atoms with Gasteiger partial charge >= 0.3 is 0 Å². The molecule has 0 heterocycles. The molecule has 0 N–H and O–H groups in total. The largest absolute Gasteiger partial charge is 0.0620 e. The fraction of sp³-hybridized carbons (Fsp3) is 1.00. The standard InChI is InChI=1S/8C9H16/c8*1-6-7(2)9-4-3-8(6)5-9/h8*6-9H,3-5H2,1-2H3/t2*6-,7+,8+,9-;2*6-,7+,8-,9+;4*6-,7-,8-,9+/m....1100/s1. The van der Waals surface area contributed by atoms with Crippen LogP contribution in [0.25, 0.3) is 0 Å². The van der Waals surface area contributed by atoms with Crippen molar-refractivity contribution in [3.63, 3.8) is 0 Å². The van der Waals surface area contributed by atoms with Crippen LogP contribution in [0.4, 0.5) is 0 Å². The average Bonchev–Trinajstić information content (AvgIpc) is 4.22. The zero-order valence-electron chi connectivity index (χ0n) is 51.4. The van der Waals surface area contributed by atoms with Crippen LogP contribution >= 0.6 is 0 Å². The fourth-order valence-electron chi connectivity index (χ4n) is 22.9. The van der Waals surface area contributed by atoms with E-state index in [0.717, 1.165) is 189 Å². The third-order valence-electron chi connectivity index (χ3n) is 30.6. The molecule has 0 amide bonds. The maximum absolute atomic E-state index is 2.44. The van der Waals surface area contributed by atoms with Crippen molar-refractivity contribution in [1.29, 1.82) is 0 Å². The minimum atomic E-state index is 1.05. The fourth-order valence-corrected chi connectivity index (χ4v) is 22.9. The highest BCUT2D eigenvalue weighted by atomic mass is 14.5. The van der Waals surface area contributed by atoms with Crippen molar-refractivity contribution in [2.75, 3.05) is 0 Å². The van der Waals surface area contributed by atoms with Gasteiger partial charge in [0, 0.05) is 0 Å². The van der Waals surface area contributed by atoms with Gasteiger partial charge in [-0.25, -0.2) is 0 Å². The molecule has 16 bridgehead atoms. The van der Waals surface area contributed by atoms with Crippen LogP contribution in [0.3, 0.4) is 0 Å². The lowest BCUT2D eigenvalue weighted by atomic mass is 9.82. The lowest BCUT2D eigenvalue weighted by Gasteiger charge is -2.24. The summed E-state index contributed by atoms with van der Waals surface area (Å²) in [4.78, 5) is 0. The Morgan fingerprint density at radius 2 is 0.167 bits per heavy atom. The Balaban J connectivity index is 0.000000102. The van der Waals surface area contributed by atoms with Gasteiger partial charge in [0.2, 0.25) is 0 Å². The van der Waals surface area contributed by atoms with Gasteiger partial charge in [0.1, 0.15) is 0 Å². The van der Waals surface area contributed by atoms with Crippen LogP contribution in [0.15, 0.2) is 0 Å². The molecule has 32 atom stereocenters. The van der Waals surface area contributed by atoms with E-state index in [-0.39, 0.29) is 0 Å². The molecule has 0 aromatic carbocycles. The second-order valence-corrected chi connectivity index (χ2v) is 32.4. The van der Waals surface area contributed by atoms with Crippen molar-refractivity contribution in [2.24, 2.45) is 189 Å². The Kier molecular flexibility index (Phi) is 19.0. The van der Waals surface area contributed by atoms with E-state index < -0.39 is 0 Å².